The predicted molar refractivity (Wildman–Crippen MR) is 117 cm³/mol. The first-order chi connectivity index (χ1) is 12.2. The van der Waals surface area contributed by atoms with Gasteiger partial charge in [-0.2, -0.15) is 0 Å². The molecule has 0 aromatic heterocycles. The summed E-state index contributed by atoms with van der Waals surface area (Å²) in [5.74, 6) is 1.45. The van der Waals surface area contributed by atoms with Crippen LogP contribution in [0.3, 0.4) is 0 Å². The van der Waals surface area contributed by atoms with Crippen LogP contribution >= 0.6 is 24.0 Å². The van der Waals surface area contributed by atoms with Gasteiger partial charge in [0.05, 0.1) is 12.6 Å². The highest BCUT2D eigenvalue weighted by atomic mass is 127. The Hall–Kier alpha value is -1.80. The SMILES string of the molecule is CCNC(=NCC(O)c1cccc(OCc2ccccc2)c1)NCC.I. The minimum absolute atomic E-state index is 0. The second-order valence-electron chi connectivity index (χ2n) is 5.61. The number of rotatable bonds is 8. The fourth-order valence-corrected chi connectivity index (χ4v) is 2.34. The van der Waals surface area contributed by atoms with Gasteiger partial charge in [0.15, 0.2) is 5.96 Å². The topological polar surface area (TPSA) is 65.9 Å². The lowest BCUT2D eigenvalue weighted by molar-refractivity contribution is 0.186. The Kier molecular flexibility index (Phi) is 10.7. The van der Waals surface area contributed by atoms with Crippen molar-refractivity contribution in [1.82, 2.24) is 10.6 Å². The quantitative estimate of drug-likeness (QED) is 0.315. The first kappa shape index (κ1) is 22.2. The van der Waals surface area contributed by atoms with Gasteiger partial charge in [-0.15, -0.1) is 24.0 Å². The lowest BCUT2D eigenvalue weighted by atomic mass is 10.1. The molecular weight excluding hydrogens is 441 g/mol. The van der Waals surface area contributed by atoms with Gasteiger partial charge in [-0.1, -0.05) is 42.5 Å². The molecule has 0 amide bonds. The molecule has 0 aliphatic rings. The summed E-state index contributed by atoms with van der Waals surface area (Å²) < 4.78 is 5.81. The van der Waals surface area contributed by atoms with Gasteiger partial charge in [0, 0.05) is 13.1 Å². The Morgan fingerprint density at radius 2 is 1.73 bits per heavy atom. The van der Waals surface area contributed by atoms with Gasteiger partial charge < -0.3 is 20.5 Å². The number of hydrogen-bond donors (Lipinski definition) is 3. The van der Waals surface area contributed by atoms with Crippen molar-refractivity contribution in [3.63, 3.8) is 0 Å². The van der Waals surface area contributed by atoms with Crippen molar-refractivity contribution >= 4 is 29.9 Å². The number of nitrogens with zero attached hydrogens (tertiary/aromatic N) is 1. The second-order valence-corrected chi connectivity index (χ2v) is 5.61. The molecule has 1 unspecified atom stereocenters. The van der Waals surface area contributed by atoms with Crippen molar-refractivity contribution in [3.8, 4) is 5.75 Å². The molecule has 0 saturated heterocycles. The maximum absolute atomic E-state index is 10.4. The number of halogens is 1. The summed E-state index contributed by atoms with van der Waals surface area (Å²) in [5.41, 5.74) is 1.90. The molecule has 2 aromatic carbocycles. The zero-order valence-electron chi connectivity index (χ0n) is 15.3. The summed E-state index contributed by atoms with van der Waals surface area (Å²) in [6, 6.07) is 17.5. The van der Waals surface area contributed by atoms with E-state index in [0.29, 0.717) is 12.6 Å². The smallest absolute Gasteiger partial charge is 0.191 e. The van der Waals surface area contributed by atoms with E-state index in [2.05, 4.69) is 15.6 Å². The largest absolute Gasteiger partial charge is 0.489 e. The fraction of sp³-hybridized carbons (Fsp3) is 0.350. The molecule has 142 valence electrons. The van der Waals surface area contributed by atoms with Crippen LogP contribution in [0.2, 0.25) is 0 Å². The average molecular weight is 469 g/mol. The highest BCUT2D eigenvalue weighted by Crippen LogP contribution is 2.20. The Bertz CT molecular complexity index is 657. The summed E-state index contributed by atoms with van der Waals surface area (Å²) >= 11 is 0. The molecule has 0 bridgehead atoms. The minimum atomic E-state index is -0.674. The van der Waals surface area contributed by atoms with E-state index < -0.39 is 6.10 Å². The Labute approximate surface area is 172 Å². The number of hydrogen-bond acceptors (Lipinski definition) is 3. The van der Waals surface area contributed by atoms with Crippen molar-refractivity contribution in [1.29, 1.82) is 0 Å². The molecule has 0 heterocycles. The summed E-state index contributed by atoms with van der Waals surface area (Å²) in [6.07, 6.45) is -0.674. The molecule has 1 atom stereocenters. The normalized spacial score (nSPS) is 11.0. The number of aliphatic hydroxyl groups is 1. The number of ether oxygens (including phenoxy) is 1. The molecule has 2 aromatic rings. The third kappa shape index (κ3) is 7.61. The first-order valence-electron chi connectivity index (χ1n) is 8.69. The molecule has 5 nitrogen and oxygen atoms in total. The lowest BCUT2D eigenvalue weighted by Crippen LogP contribution is -2.37. The molecule has 6 heteroatoms. The van der Waals surface area contributed by atoms with Crippen molar-refractivity contribution < 1.29 is 9.84 Å². The molecular formula is C20H28IN3O2. The van der Waals surface area contributed by atoms with Crippen LogP contribution in [0, 0.1) is 0 Å². The first-order valence-corrected chi connectivity index (χ1v) is 8.69. The van der Waals surface area contributed by atoms with Crippen LogP contribution < -0.4 is 15.4 Å². The third-order valence-corrected chi connectivity index (χ3v) is 3.60. The molecule has 0 saturated carbocycles. The van der Waals surface area contributed by atoms with Crippen LogP contribution in [0.15, 0.2) is 59.6 Å². The van der Waals surface area contributed by atoms with Gasteiger partial charge in [0.1, 0.15) is 12.4 Å². The maximum Gasteiger partial charge on any atom is 0.191 e. The summed E-state index contributed by atoms with van der Waals surface area (Å²) in [4.78, 5) is 4.41. The van der Waals surface area contributed by atoms with E-state index in [-0.39, 0.29) is 30.5 Å². The van der Waals surface area contributed by atoms with E-state index in [1.165, 1.54) is 0 Å². The van der Waals surface area contributed by atoms with E-state index in [4.69, 9.17) is 4.74 Å². The van der Waals surface area contributed by atoms with Gasteiger partial charge in [-0.05, 0) is 37.1 Å². The number of guanidine groups is 1. The predicted octanol–water partition coefficient (Wildman–Crippen LogP) is 3.49. The van der Waals surface area contributed by atoms with E-state index in [0.717, 1.165) is 30.0 Å². The Morgan fingerprint density at radius 3 is 2.38 bits per heavy atom. The van der Waals surface area contributed by atoms with Crippen LogP contribution in [0.1, 0.15) is 31.1 Å². The zero-order valence-corrected chi connectivity index (χ0v) is 17.6. The number of aliphatic imine (C=N–C) groups is 1. The molecule has 0 radical (unpaired) electrons. The molecule has 26 heavy (non-hydrogen) atoms. The van der Waals surface area contributed by atoms with Crippen LogP contribution in [0.25, 0.3) is 0 Å². The minimum Gasteiger partial charge on any atom is -0.489 e. The van der Waals surface area contributed by atoms with Crippen LogP contribution in [0.5, 0.6) is 5.75 Å². The molecule has 0 spiro atoms. The van der Waals surface area contributed by atoms with Gasteiger partial charge in [0.25, 0.3) is 0 Å². The van der Waals surface area contributed by atoms with Crippen LogP contribution in [0.4, 0.5) is 0 Å². The summed E-state index contributed by atoms with van der Waals surface area (Å²) in [5, 5.41) is 16.7. The second kappa shape index (κ2) is 12.5. The molecule has 2 rings (SSSR count). The maximum atomic E-state index is 10.4. The number of aliphatic hydroxyl groups excluding tert-OH is 1. The monoisotopic (exact) mass is 469 g/mol. The Balaban J connectivity index is 0.00000338. The number of nitrogens with one attached hydrogen (secondary N) is 2. The highest BCUT2D eigenvalue weighted by molar-refractivity contribution is 14.0. The van der Waals surface area contributed by atoms with Crippen molar-refractivity contribution in [2.45, 2.75) is 26.6 Å². The number of benzene rings is 2. The fourth-order valence-electron chi connectivity index (χ4n) is 2.34. The van der Waals surface area contributed by atoms with Gasteiger partial charge in [-0.25, -0.2) is 0 Å². The molecule has 0 fully saturated rings. The van der Waals surface area contributed by atoms with E-state index in [9.17, 15) is 5.11 Å². The van der Waals surface area contributed by atoms with Gasteiger partial charge in [0.2, 0.25) is 0 Å². The van der Waals surface area contributed by atoms with Crippen LogP contribution in [-0.2, 0) is 6.61 Å². The molecule has 3 N–H and O–H groups in total. The summed E-state index contributed by atoms with van der Waals surface area (Å²) in [7, 11) is 0. The third-order valence-electron chi connectivity index (χ3n) is 3.60. The molecule has 0 aliphatic heterocycles. The van der Waals surface area contributed by atoms with Crippen LogP contribution in [-0.4, -0.2) is 30.7 Å². The molecule has 0 aliphatic carbocycles. The van der Waals surface area contributed by atoms with Gasteiger partial charge in [-0.3, -0.25) is 4.99 Å². The standard InChI is InChI=1S/C20H27N3O2.HI/c1-3-21-20(22-4-2)23-14-19(24)17-11-8-12-18(13-17)25-15-16-9-6-5-7-10-16;/h5-13,19,24H,3-4,14-15H2,1-2H3,(H2,21,22,23);1H. The van der Waals surface area contributed by atoms with E-state index >= 15 is 0 Å². The van der Waals surface area contributed by atoms with E-state index in [1.54, 1.807) is 0 Å². The Morgan fingerprint density at radius 1 is 1.04 bits per heavy atom. The summed E-state index contributed by atoms with van der Waals surface area (Å²) in [6.45, 7) is 6.38. The highest BCUT2D eigenvalue weighted by Gasteiger charge is 2.09. The zero-order chi connectivity index (χ0) is 17.9. The average Bonchev–Trinajstić information content (AvgIpc) is 2.65. The van der Waals surface area contributed by atoms with Crippen molar-refractivity contribution in [3.05, 3.63) is 65.7 Å². The van der Waals surface area contributed by atoms with E-state index in [1.807, 2.05) is 68.4 Å². The van der Waals surface area contributed by atoms with Crippen molar-refractivity contribution in [2.24, 2.45) is 4.99 Å². The lowest BCUT2D eigenvalue weighted by Gasteiger charge is -2.13. The van der Waals surface area contributed by atoms with Gasteiger partial charge >= 0.3 is 0 Å². The van der Waals surface area contributed by atoms with Crippen molar-refractivity contribution in [2.75, 3.05) is 19.6 Å².